The van der Waals surface area contributed by atoms with Gasteiger partial charge >= 0.3 is 5.97 Å². The molecule has 1 atom stereocenters. The van der Waals surface area contributed by atoms with Crippen molar-refractivity contribution < 1.29 is 9.53 Å². The van der Waals surface area contributed by atoms with Crippen molar-refractivity contribution in [3.8, 4) is 0 Å². The maximum Gasteiger partial charge on any atom is 0.350 e. The molecule has 10 heteroatoms. The number of aromatic nitrogens is 2. The molecule has 1 unspecified atom stereocenters. The van der Waals surface area contributed by atoms with E-state index in [-0.39, 0.29) is 36.0 Å². The standard InChI is InChI=1S/C22H32N6O2S.HI/c1-5-30-21(29)19-15(2)26-20(31-19)16(3)27-22(23-4)25-14-17-9-10-24-18(13-17)28-11-7-6-8-12-28;/h9-10,13,16H,5-8,11-12,14H2,1-4H3,(H2,23,25,27);1H. The van der Waals surface area contributed by atoms with Gasteiger partial charge in [0.1, 0.15) is 15.7 Å². The second-order valence-corrected chi connectivity index (χ2v) is 8.58. The van der Waals surface area contributed by atoms with Gasteiger partial charge in [0, 0.05) is 32.9 Å². The first-order valence-electron chi connectivity index (χ1n) is 10.8. The highest BCUT2D eigenvalue weighted by Crippen LogP contribution is 2.24. The highest BCUT2D eigenvalue weighted by atomic mass is 127. The zero-order chi connectivity index (χ0) is 22.2. The number of ether oxygens (including phenoxy) is 1. The molecule has 0 amide bonds. The summed E-state index contributed by atoms with van der Waals surface area (Å²) in [6, 6.07) is 4.07. The topological polar surface area (TPSA) is 91.7 Å². The van der Waals surface area contributed by atoms with E-state index in [1.807, 2.05) is 26.1 Å². The van der Waals surface area contributed by atoms with Crippen LogP contribution in [0.5, 0.6) is 0 Å². The molecule has 0 aliphatic carbocycles. The van der Waals surface area contributed by atoms with Gasteiger partial charge in [-0.2, -0.15) is 0 Å². The molecule has 0 bridgehead atoms. The molecular formula is C22H33IN6O2S. The largest absolute Gasteiger partial charge is 0.462 e. The van der Waals surface area contributed by atoms with Crippen molar-refractivity contribution in [2.24, 2.45) is 4.99 Å². The third kappa shape index (κ3) is 7.03. The number of aliphatic imine (C=N–C) groups is 1. The van der Waals surface area contributed by atoms with Gasteiger partial charge in [0.15, 0.2) is 5.96 Å². The van der Waals surface area contributed by atoms with Gasteiger partial charge in [-0.25, -0.2) is 14.8 Å². The van der Waals surface area contributed by atoms with Crippen LogP contribution in [0.1, 0.15) is 65.1 Å². The predicted molar refractivity (Wildman–Crippen MR) is 140 cm³/mol. The van der Waals surface area contributed by atoms with Crippen molar-refractivity contribution in [3.05, 3.63) is 39.5 Å². The number of guanidine groups is 1. The summed E-state index contributed by atoms with van der Waals surface area (Å²) in [7, 11) is 1.74. The van der Waals surface area contributed by atoms with Crippen LogP contribution in [-0.4, -0.2) is 48.6 Å². The molecule has 1 aliphatic rings. The predicted octanol–water partition coefficient (Wildman–Crippen LogP) is 4.06. The fourth-order valence-electron chi connectivity index (χ4n) is 3.50. The number of hydrogen-bond acceptors (Lipinski definition) is 7. The monoisotopic (exact) mass is 572 g/mol. The SMILES string of the molecule is CCOC(=O)c1sc(C(C)NC(=NC)NCc2ccnc(N3CCCCC3)c2)nc1C.I. The molecule has 2 aromatic rings. The summed E-state index contributed by atoms with van der Waals surface area (Å²) in [6.07, 6.45) is 5.63. The molecule has 2 N–H and O–H groups in total. The van der Waals surface area contributed by atoms with E-state index in [4.69, 9.17) is 4.74 Å². The average Bonchev–Trinajstić information content (AvgIpc) is 3.19. The Morgan fingerprint density at radius 2 is 2.09 bits per heavy atom. The average molecular weight is 573 g/mol. The number of thiazole rings is 1. The van der Waals surface area contributed by atoms with Crippen LogP contribution in [0.2, 0.25) is 0 Å². The number of pyridine rings is 1. The lowest BCUT2D eigenvalue weighted by molar-refractivity contribution is 0.0531. The number of aryl methyl sites for hydroxylation is 1. The highest BCUT2D eigenvalue weighted by molar-refractivity contribution is 14.0. The Balaban J connectivity index is 0.00000363. The molecule has 0 aromatic carbocycles. The molecule has 1 fully saturated rings. The molecule has 1 aliphatic heterocycles. The molecular weight excluding hydrogens is 539 g/mol. The summed E-state index contributed by atoms with van der Waals surface area (Å²) in [4.78, 5) is 28.4. The van der Waals surface area contributed by atoms with Gasteiger partial charge in [-0.05, 0) is 57.7 Å². The smallest absolute Gasteiger partial charge is 0.350 e. The van der Waals surface area contributed by atoms with Crippen LogP contribution in [0.15, 0.2) is 23.3 Å². The van der Waals surface area contributed by atoms with E-state index >= 15 is 0 Å². The molecule has 0 spiro atoms. The number of carbonyl (C=O) groups excluding carboxylic acids is 1. The lowest BCUT2D eigenvalue weighted by Crippen LogP contribution is -2.38. The van der Waals surface area contributed by atoms with Crippen molar-refractivity contribution in [2.45, 2.75) is 52.6 Å². The number of piperidine rings is 1. The molecule has 0 radical (unpaired) electrons. The Hall–Kier alpha value is -1.95. The van der Waals surface area contributed by atoms with Gasteiger partial charge in [0.2, 0.25) is 0 Å². The number of carbonyl (C=O) groups is 1. The second kappa shape index (κ2) is 12.9. The van der Waals surface area contributed by atoms with Gasteiger partial charge in [0.05, 0.1) is 18.3 Å². The van der Waals surface area contributed by atoms with Crippen LogP contribution in [0, 0.1) is 6.92 Å². The molecule has 2 aromatic heterocycles. The number of halogens is 1. The van der Waals surface area contributed by atoms with Gasteiger partial charge < -0.3 is 20.3 Å². The van der Waals surface area contributed by atoms with Crippen LogP contribution in [0.4, 0.5) is 5.82 Å². The summed E-state index contributed by atoms with van der Waals surface area (Å²) in [6.45, 7) is 8.77. The first-order valence-corrected chi connectivity index (χ1v) is 11.6. The fourth-order valence-corrected chi connectivity index (χ4v) is 4.47. The van der Waals surface area contributed by atoms with E-state index < -0.39 is 0 Å². The third-order valence-electron chi connectivity index (χ3n) is 5.17. The van der Waals surface area contributed by atoms with Crippen LogP contribution in [-0.2, 0) is 11.3 Å². The van der Waals surface area contributed by atoms with E-state index in [9.17, 15) is 4.79 Å². The van der Waals surface area contributed by atoms with Crippen LogP contribution in [0.25, 0.3) is 0 Å². The van der Waals surface area contributed by atoms with Crippen molar-refractivity contribution in [3.63, 3.8) is 0 Å². The number of rotatable bonds is 7. The number of anilines is 1. The lowest BCUT2D eigenvalue weighted by Gasteiger charge is -2.28. The summed E-state index contributed by atoms with van der Waals surface area (Å²) in [5, 5.41) is 7.53. The normalized spacial score (nSPS) is 15.0. The van der Waals surface area contributed by atoms with Gasteiger partial charge in [-0.3, -0.25) is 4.99 Å². The Bertz CT molecular complexity index is 914. The van der Waals surface area contributed by atoms with E-state index in [2.05, 4.69) is 36.6 Å². The van der Waals surface area contributed by atoms with Gasteiger partial charge in [-0.1, -0.05) is 0 Å². The zero-order valence-corrected chi connectivity index (χ0v) is 22.3. The highest BCUT2D eigenvalue weighted by Gasteiger charge is 2.20. The maximum atomic E-state index is 12.1. The first kappa shape index (κ1) is 26.3. The van der Waals surface area contributed by atoms with Crippen LogP contribution < -0.4 is 15.5 Å². The van der Waals surface area contributed by atoms with Crippen molar-refractivity contribution in [1.29, 1.82) is 0 Å². The van der Waals surface area contributed by atoms with E-state index in [0.29, 0.717) is 29.7 Å². The quantitative estimate of drug-likeness (QED) is 0.224. The summed E-state index contributed by atoms with van der Waals surface area (Å²) in [5.41, 5.74) is 1.85. The van der Waals surface area contributed by atoms with Crippen molar-refractivity contribution >= 4 is 53.1 Å². The first-order chi connectivity index (χ1) is 15.0. The summed E-state index contributed by atoms with van der Waals surface area (Å²) in [5.74, 6) is 1.40. The number of esters is 1. The van der Waals surface area contributed by atoms with E-state index in [1.165, 1.54) is 30.6 Å². The van der Waals surface area contributed by atoms with Crippen LogP contribution >= 0.6 is 35.3 Å². The number of hydrogen-bond donors (Lipinski definition) is 2. The minimum absolute atomic E-state index is 0. The van der Waals surface area contributed by atoms with E-state index in [0.717, 1.165) is 29.5 Å². The Morgan fingerprint density at radius 3 is 2.78 bits per heavy atom. The van der Waals surface area contributed by atoms with Crippen LogP contribution in [0.3, 0.4) is 0 Å². The van der Waals surface area contributed by atoms with Crippen molar-refractivity contribution in [2.75, 3.05) is 31.6 Å². The molecule has 32 heavy (non-hydrogen) atoms. The minimum atomic E-state index is -0.319. The van der Waals surface area contributed by atoms with Gasteiger partial charge in [0.25, 0.3) is 0 Å². The molecule has 8 nitrogen and oxygen atoms in total. The second-order valence-electron chi connectivity index (χ2n) is 7.55. The summed E-state index contributed by atoms with van der Waals surface area (Å²) >= 11 is 1.36. The summed E-state index contributed by atoms with van der Waals surface area (Å²) < 4.78 is 5.11. The molecule has 0 saturated carbocycles. The molecule has 3 rings (SSSR count). The third-order valence-corrected chi connectivity index (χ3v) is 6.49. The Morgan fingerprint density at radius 1 is 1.34 bits per heavy atom. The molecule has 1 saturated heterocycles. The Kier molecular flexibility index (Phi) is 10.6. The van der Waals surface area contributed by atoms with Gasteiger partial charge in [-0.15, -0.1) is 35.3 Å². The number of nitrogens with one attached hydrogen (secondary N) is 2. The van der Waals surface area contributed by atoms with Crippen molar-refractivity contribution in [1.82, 2.24) is 20.6 Å². The molecule has 3 heterocycles. The maximum absolute atomic E-state index is 12.1. The Labute approximate surface area is 211 Å². The van der Waals surface area contributed by atoms with E-state index in [1.54, 1.807) is 14.0 Å². The molecule has 176 valence electrons. The lowest BCUT2D eigenvalue weighted by atomic mass is 10.1. The number of nitrogens with zero attached hydrogens (tertiary/aromatic N) is 4. The minimum Gasteiger partial charge on any atom is -0.462 e. The zero-order valence-electron chi connectivity index (χ0n) is 19.2. The fraction of sp³-hybridized carbons (Fsp3) is 0.545.